The Balaban J connectivity index is 1.63. The van der Waals surface area contributed by atoms with Gasteiger partial charge in [0.05, 0.1) is 11.8 Å². The van der Waals surface area contributed by atoms with E-state index >= 15 is 0 Å². The Kier molecular flexibility index (Phi) is 4.89. The molecule has 0 atom stereocenters. The highest BCUT2D eigenvalue weighted by Gasteiger charge is 2.22. The Hall–Kier alpha value is -0.960. The number of Topliss-reactive ketones (excluding diaryl/α,β-unsaturated/α-hetero) is 1. The first-order chi connectivity index (χ1) is 10.2. The largest absolute Gasteiger partial charge is 0.293 e. The third-order valence-corrected chi connectivity index (χ3v) is 5.28. The highest BCUT2D eigenvalue weighted by atomic mass is 127. The van der Waals surface area contributed by atoms with Gasteiger partial charge in [0.1, 0.15) is 0 Å². The van der Waals surface area contributed by atoms with Crippen molar-refractivity contribution >= 4 is 40.1 Å². The van der Waals surface area contributed by atoms with E-state index in [0.717, 1.165) is 27.1 Å². The normalized spacial score (nSPS) is 15.5. The van der Waals surface area contributed by atoms with Crippen LogP contribution in [0.2, 0.25) is 0 Å². The van der Waals surface area contributed by atoms with Gasteiger partial charge in [-0.1, -0.05) is 36.7 Å². The second kappa shape index (κ2) is 6.87. The fraction of sp³-hybridized carbons (Fsp3) is 0.429. The first-order valence-electron chi connectivity index (χ1n) is 6.93. The van der Waals surface area contributed by atoms with Gasteiger partial charge in [-0.05, 0) is 58.0 Å². The number of hydrogen-bond donors (Lipinski definition) is 0. The molecule has 0 N–H and O–H groups in total. The second-order valence-electron chi connectivity index (χ2n) is 5.06. The first-order valence-corrected chi connectivity index (χ1v) is 9.00. The summed E-state index contributed by atoms with van der Waals surface area (Å²) in [5, 5.41) is 12.6. The van der Waals surface area contributed by atoms with Crippen molar-refractivity contribution in [2.45, 2.75) is 36.9 Å². The van der Waals surface area contributed by atoms with E-state index in [0.29, 0.717) is 11.8 Å². The number of aromatic nitrogens is 4. The molecule has 0 unspecified atom stereocenters. The van der Waals surface area contributed by atoms with E-state index in [4.69, 9.17) is 0 Å². The van der Waals surface area contributed by atoms with Crippen molar-refractivity contribution in [1.29, 1.82) is 0 Å². The molecule has 0 radical (unpaired) electrons. The summed E-state index contributed by atoms with van der Waals surface area (Å²) >= 11 is 3.65. The van der Waals surface area contributed by atoms with Crippen LogP contribution in [0.5, 0.6) is 0 Å². The minimum atomic E-state index is 0.109. The van der Waals surface area contributed by atoms with Gasteiger partial charge in [-0.3, -0.25) is 4.79 Å². The molecular weight excluding hydrogens is 399 g/mol. The lowest BCUT2D eigenvalue weighted by Crippen LogP contribution is -2.10. The maximum atomic E-state index is 12.2. The number of rotatable bonds is 5. The van der Waals surface area contributed by atoms with Gasteiger partial charge in [-0.25, -0.2) is 4.68 Å². The fourth-order valence-electron chi connectivity index (χ4n) is 2.51. The van der Waals surface area contributed by atoms with Gasteiger partial charge in [0, 0.05) is 9.13 Å². The Morgan fingerprint density at radius 1 is 1.29 bits per heavy atom. The van der Waals surface area contributed by atoms with E-state index in [1.165, 1.54) is 24.6 Å². The summed E-state index contributed by atoms with van der Waals surface area (Å²) in [7, 11) is 0. The van der Waals surface area contributed by atoms with Gasteiger partial charge in [-0.2, -0.15) is 0 Å². The minimum Gasteiger partial charge on any atom is -0.293 e. The molecule has 0 aliphatic heterocycles. The zero-order chi connectivity index (χ0) is 14.7. The molecule has 1 heterocycles. The first kappa shape index (κ1) is 15.0. The van der Waals surface area contributed by atoms with Crippen molar-refractivity contribution in [3.63, 3.8) is 0 Å². The maximum absolute atomic E-state index is 12.2. The number of nitrogens with zero attached hydrogens (tertiary/aromatic N) is 4. The molecule has 1 aromatic heterocycles. The summed E-state index contributed by atoms with van der Waals surface area (Å²) < 4.78 is 3.01. The van der Waals surface area contributed by atoms with Crippen LogP contribution in [0, 0.1) is 3.57 Å². The highest BCUT2D eigenvalue weighted by molar-refractivity contribution is 14.1. The number of tetrazole rings is 1. The van der Waals surface area contributed by atoms with Crippen LogP contribution in [0.4, 0.5) is 0 Å². The lowest BCUT2D eigenvalue weighted by atomic mass is 10.2. The molecule has 21 heavy (non-hydrogen) atoms. The maximum Gasteiger partial charge on any atom is 0.210 e. The van der Waals surface area contributed by atoms with Gasteiger partial charge in [0.2, 0.25) is 5.16 Å². The molecule has 1 aromatic carbocycles. The van der Waals surface area contributed by atoms with Gasteiger partial charge >= 0.3 is 0 Å². The van der Waals surface area contributed by atoms with E-state index in [1.54, 1.807) is 0 Å². The van der Waals surface area contributed by atoms with Gasteiger partial charge in [0.25, 0.3) is 0 Å². The molecule has 0 amide bonds. The van der Waals surface area contributed by atoms with E-state index in [9.17, 15) is 4.79 Å². The summed E-state index contributed by atoms with van der Waals surface area (Å²) in [5.74, 6) is 0.477. The van der Waals surface area contributed by atoms with Crippen LogP contribution < -0.4 is 0 Å². The molecule has 3 rings (SSSR count). The molecule has 110 valence electrons. The topological polar surface area (TPSA) is 60.7 Å². The Labute approximate surface area is 141 Å². The Morgan fingerprint density at radius 3 is 2.71 bits per heavy atom. The van der Waals surface area contributed by atoms with Crippen molar-refractivity contribution < 1.29 is 4.79 Å². The summed E-state index contributed by atoms with van der Waals surface area (Å²) in [4.78, 5) is 12.2. The van der Waals surface area contributed by atoms with Gasteiger partial charge in [-0.15, -0.1) is 5.10 Å². The minimum absolute atomic E-state index is 0.109. The predicted molar refractivity (Wildman–Crippen MR) is 89.5 cm³/mol. The zero-order valence-corrected chi connectivity index (χ0v) is 14.4. The number of thioether (sulfide) groups is 1. The lowest BCUT2D eigenvalue weighted by Gasteiger charge is -2.10. The molecule has 0 spiro atoms. The highest BCUT2D eigenvalue weighted by Crippen LogP contribution is 2.31. The van der Waals surface area contributed by atoms with Crippen LogP contribution in [0.1, 0.15) is 42.1 Å². The average molecular weight is 414 g/mol. The molecule has 5 nitrogen and oxygen atoms in total. The van der Waals surface area contributed by atoms with Crippen LogP contribution in [0.25, 0.3) is 0 Å². The van der Waals surface area contributed by atoms with E-state index in [2.05, 4.69) is 38.1 Å². The number of benzene rings is 1. The van der Waals surface area contributed by atoms with Crippen molar-refractivity contribution in [2.24, 2.45) is 0 Å². The van der Waals surface area contributed by atoms with Crippen LogP contribution in [-0.4, -0.2) is 31.7 Å². The second-order valence-corrected chi connectivity index (χ2v) is 7.25. The third-order valence-electron chi connectivity index (χ3n) is 3.63. The standard InChI is InChI=1S/C14H15IN4OS/c15-11-7-5-10(6-8-11)13(20)9-21-14-16-17-18-19(14)12-3-1-2-4-12/h5-8,12H,1-4,9H2. The van der Waals surface area contributed by atoms with E-state index < -0.39 is 0 Å². The molecule has 7 heteroatoms. The molecule has 1 aliphatic carbocycles. The van der Waals surface area contributed by atoms with Gasteiger partial charge < -0.3 is 0 Å². The monoisotopic (exact) mass is 414 g/mol. The summed E-state index contributed by atoms with van der Waals surface area (Å²) in [5.41, 5.74) is 0.739. The summed E-state index contributed by atoms with van der Waals surface area (Å²) in [6, 6.07) is 8.02. The van der Waals surface area contributed by atoms with E-state index in [-0.39, 0.29) is 5.78 Å². The average Bonchev–Trinajstić information content (AvgIpc) is 3.16. The number of carbonyl (C=O) groups is 1. The number of halogens is 1. The van der Waals surface area contributed by atoms with Crippen LogP contribution in [0.15, 0.2) is 29.4 Å². The smallest absolute Gasteiger partial charge is 0.210 e. The molecule has 0 saturated heterocycles. The van der Waals surface area contributed by atoms with Crippen LogP contribution in [0.3, 0.4) is 0 Å². The Morgan fingerprint density at radius 2 is 2.00 bits per heavy atom. The number of ketones is 1. The summed E-state index contributed by atoms with van der Waals surface area (Å²) in [6.45, 7) is 0. The van der Waals surface area contributed by atoms with Gasteiger partial charge in [0.15, 0.2) is 5.78 Å². The van der Waals surface area contributed by atoms with Crippen LogP contribution >= 0.6 is 34.4 Å². The lowest BCUT2D eigenvalue weighted by molar-refractivity contribution is 0.102. The molecular formula is C14H15IN4OS. The van der Waals surface area contributed by atoms with Crippen molar-refractivity contribution in [2.75, 3.05) is 5.75 Å². The number of carbonyl (C=O) groups excluding carboxylic acids is 1. The molecule has 0 bridgehead atoms. The fourth-order valence-corrected chi connectivity index (χ4v) is 3.71. The molecule has 1 aliphatic rings. The van der Waals surface area contributed by atoms with Crippen molar-refractivity contribution in [1.82, 2.24) is 20.2 Å². The SMILES string of the molecule is O=C(CSc1nnnn1C1CCCC1)c1ccc(I)cc1. The molecule has 1 fully saturated rings. The molecule has 1 saturated carbocycles. The quantitative estimate of drug-likeness (QED) is 0.427. The van der Waals surface area contributed by atoms with Crippen molar-refractivity contribution in [3.05, 3.63) is 33.4 Å². The van der Waals surface area contributed by atoms with Crippen LogP contribution in [-0.2, 0) is 0 Å². The number of hydrogen-bond acceptors (Lipinski definition) is 5. The predicted octanol–water partition coefficient (Wildman–Crippen LogP) is 3.37. The third kappa shape index (κ3) is 3.63. The zero-order valence-electron chi connectivity index (χ0n) is 11.4. The molecule has 2 aromatic rings. The summed E-state index contributed by atoms with van der Waals surface area (Å²) in [6.07, 6.45) is 4.72. The van der Waals surface area contributed by atoms with E-state index in [1.807, 2.05) is 28.9 Å². The van der Waals surface area contributed by atoms with Crippen molar-refractivity contribution in [3.8, 4) is 0 Å². The Bertz CT molecular complexity index is 622.